The second-order valence-corrected chi connectivity index (χ2v) is 31.8. The number of aromatic amines is 1. The molecule has 0 radical (unpaired) electrons. The minimum atomic E-state index is -0.750. The summed E-state index contributed by atoms with van der Waals surface area (Å²) in [4.78, 5) is 113. The number of aromatic nitrogens is 2. The SMILES string of the molecule is CCO[C@H]1C[C@@H](C2=Nc3ccc4cc5c(cc4c3C2)OCc2cc(-c3cnc([C@@H]4CCCN4C(=O)[C@H](CC(=O)OC)c4ccccc4)[nH]3)ccc2-5)N(C(=O)[C@@H](NC(=O)OC)C(C)C)C1.CCO[C@H]1C[C@@H](C2=Nc3ccc4cc5c(cc4c3C2)OCc2cc(C3=NC(C4CCCC4)=NC3)ccc2-5)N(C(=O)[C@@H](NC(=O)OC)C(C)C)C1. The van der Waals surface area contributed by atoms with Gasteiger partial charge in [0.1, 0.15) is 48.5 Å². The van der Waals surface area contributed by atoms with E-state index in [4.69, 9.17) is 58.1 Å². The van der Waals surface area contributed by atoms with Crippen LogP contribution in [0.4, 0.5) is 21.0 Å². The van der Waals surface area contributed by atoms with Gasteiger partial charge in [-0.1, -0.05) is 107 Å². The molecule has 1 aromatic heterocycles. The van der Waals surface area contributed by atoms with Gasteiger partial charge < -0.3 is 63.5 Å². The number of nitrogens with one attached hydrogen (secondary N) is 3. The fraction of sp³-hybridized carbons (Fsp3) is 0.433. The number of benzene rings is 7. The molecule has 9 heterocycles. The average Bonchev–Trinajstić information content (AvgIpc) is 1.29. The number of fused-ring (bicyclic) bond motifs is 12. The zero-order valence-electron chi connectivity index (χ0n) is 66.2. The Bertz CT molecular complexity index is 5230. The molecule has 1 aliphatic carbocycles. The smallest absolute Gasteiger partial charge is 0.407 e. The number of hydrogen-bond donors (Lipinski definition) is 3. The van der Waals surface area contributed by atoms with Gasteiger partial charge in [-0.15, -0.1) is 0 Å². The summed E-state index contributed by atoms with van der Waals surface area (Å²) < 4.78 is 39.6. The summed E-state index contributed by atoms with van der Waals surface area (Å²) in [5.41, 5.74) is 17.2. The molecular weight excluding hydrogens is 1440 g/mol. The third-order valence-corrected chi connectivity index (χ3v) is 24.2. The van der Waals surface area contributed by atoms with Crippen LogP contribution in [0.3, 0.4) is 0 Å². The Morgan fingerprint density at radius 2 is 1.11 bits per heavy atom. The number of carbonyl (C=O) groups is 6. The van der Waals surface area contributed by atoms with E-state index in [0.29, 0.717) is 90.0 Å². The number of nitrogens with zero attached hydrogens (tertiary/aromatic N) is 8. The van der Waals surface area contributed by atoms with Gasteiger partial charge in [0.25, 0.3) is 0 Å². The molecular formula is C90H99N11O13. The molecule has 4 fully saturated rings. The molecule has 9 aliphatic rings. The molecule has 114 heavy (non-hydrogen) atoms. The van der Waals surface area contributed by atoms with Gasteiger partial charge in [0.15, 0.2) is 0 Å². The Morgan fingerprint density at radius 1 is 0.570 bits per heavy atom. The predicted octanol–water partition coefficient (Wildman–Crippen LogP) is 14.6. The fourth-order valence-corrected chi connectivity index (χ4v) is 18.4. The van der Waals surface area contributed by atoms with E-state index in [9.17, 15) is 28.8 Å². The summed E-state index contributed by atoms with van der Waals surface area (Å²) in [5.74, 6) is 2.17. The number of ether oxygens (including phenoxy) is 7. The normalized spacial score (nSPS) is 20.6. The number of methoxy groups -OCH3 is 3. The van der Waals surface area contributed by atoms with Crippen molar-refractivity contribution >= 4 is 91.8 Å². The number of rotatable bonds is 20. The van der Waals surface area contributed by atoms with Crippen LogP contribution >= 0.6 is 0 Å². The maximum absolute atomic E-state index is 14.1. The van der Waals surface area contributed by atoms with E-state index in [0.717, 1.165) is 142 Å². The van der Waals surface area contributed by atoms with Crippen LogP contribution in [0.5, 0.6) is 11.5 Å². The fourth-order valence-electron chi connectivity index (χ4n) is 18.4. The molecule has 592 valence electrons. The summed E-state index contributed by atoms with van der Waals surface area (Å²) in [6, 6.07) is 37.2. The van der Waals surface area contributed by atoms with Crippen LogP contribution in [-0.4, -0.2) is 181 Å². The highest BCUT2D eigenvalue weighted by Crippen LogP contribution is 2.48. The molecule has 0 spiro atoms. The van der Waals surface area contributed by atoms with Crippen molar-refractivity contribution in [3.63, 3.8) is 0 Å². The molecule has 24 heteroatoms. The van der Waals surface area contributed by atoms with Crippen LogP contribution < -0.4 is 20.1 Å². The average molecular weight is 1540 g/mol. The van der Waals surface area contributed by atoms with Crippen LogP contribution in [-0.2, 0) is 68.9 Å². The zero-order chi connectivity index (χ0) is 79.2. The molecule has 8 aliphatic heterocycles. The zero-order valence-corrected chi connectivity index (χ0v) is 66.2. The number of aliphatic imine (C=N–C) groups is 4. The second-order valence-electron chi connectivity index (χ2n) is 31.8. The number of hydrogen-bond acceptors (Lipinski definition) is 18. The minimum absolute atomic E-state index is 0.0308. The Kier molecular flexibility index (Phi) is 22.1. The lowest BCUT2D eigenvalue weighted by Gasteiger charge is -2.30. The van der Waals surface area contributed by atoms with Gasteiger partial charge in [0, 0.05) is 87.0 Å². The van der Waals surface area contributed by atoms with E-state index in [2.05, 4.69) is 101 Å². The van der Waals surface area contributed by atoms with E-state index < -0.39 is 36.2 Å². The lowest BCUT2D eigenvalue weighted by molar-refractivity contribution is -0.145. The number of amidine groups is 1. The van der Waals surface area contributed by atoms with Crippen LogP contribution in [0, 0.1) is 17.8 Å². The summed E-state index contributed by atoms with van der Waals surface area (Å²) in [6.07, 6.45) is 9.33. The largest absolute Gasteiger partial charge is 0.488 e. The number of carbonyl (C=O) groups excluding carboxylic acids is 6. The molecule has 17 rings (SSSR count). The lowest BCUT2D eigenvalue weighted by Crippen LogP contribution is -2.54. The Balaban J connectivity index is 0.000000177. The minimum Gasteiger partial charge on any atom is -0.488 e. The number of alkyl carbamates (subject to hydrolysis) is 2. The third-order valence-electron chi connectivity index (χ3n) is 24.2. The van der Waals surface area contributed by atoms with E-state index in [1.807, 2.05) is 92.8 Å². The molecule has 0 unspecified atom stereocenters. The number of likely N-dealkylation sites (tertiary alicyclic amines) is 3. The summed E-state index contributed by atoms with van der Waals surface area (Å²) >= 11 is 0. The highest BCUT2D eigenvalue weighted by atomic mass is 16.5. The number of amides is 5. The van der Waals surface area contributed by atoms with Gasteiger partial charge in [-0.3, -0.25) is 34.2 Å². The topological polar surface area (TPSA) is 279 Å². The van der Waals surface area contributed by atoms with Crippen molar-refractivity contribution in [1.29, 1.82) is 0 Å². The van der Waals surface area contributed by atoms with Crippen molar-refractivity contribution in [1.82, 2.24) is 35.3 Å². The molecule has 0 bridgehead atoms. The summed E-state index contributed by atoms with van der Waals surface area (Å²) in [6.45, 7) is 15.7. The quantitative estimate of drug-likeness (QED) is 0.0473. The molecule has 7 aromatic carbocycles. The van der Waals surface area contributed by atoms with Gasteiger partial charge in [-0.2, -0.15) is 0 Å². The van der Waals surface area contributed by atoms with E-state index in [1.54, 1.807) is 0 Å². The van der Waals surface area contributed by atoms with Gasteiger partial charge >= 0.3 is 18.2 Å². The Labute approximate surface area is 663 Å². The first-order valence-corrected chi connectivity index (χ1v) is 40.3. The van der Waals surface area contributed by atoms with Crippen LogP contribution in [0.15, 0.2) is 141 Å². The molecule has 3 saturated heterocycles. The first-order valence-electron chi connectivity index (χ1n) is 40.3. The lowest BCUT2D eigenvalue weighted by atomic mass is 9.90. The van der Waals surface area contributed by atoms with Crippen molar-refractivity contribution in [3.8, 4) is 45.0 Å². The Hall–Kier alpha value is -11.1. The monoisotopic (exact) mass is 1540 g/mol. The van der Waals surface area contributed by atoms with E-state index in [-0.39, 0.29) is 66.3 Å². The number of esters is 1. The van der Waals surface area contributed by atoms with Crippen LogP contribution in [0.25, 0.3) is 55.1 Å². The third kappa shape index (κ3) is 15.1. The van der Waals surface area contributed by atoms with Gasteiger partial charge in [0.05, 0.1) is 99.5 Å². The standard InChI is InChI=1S/C50H54N6O8.C40H45N5O5/c1-6-63-33-21-43(56(26-33)49(59)46(28(2)3)54-50(60)62-5)40-22-37-35-23-44-38(20-30(35)15-17-39(37)52-40)34-16-14-31(19-32(34)27-64-44)41-25-51-47(53-41)42-13-10-18-55(42)48(58)36(24-45(57)61-4)29-11-8-7-9-12-29;1-5-49-27-16-35(45(20-27)39(46)37(22(2)3)44-40(47)48-4)33-17-30-29-18-36-31(15-24(29)11-13-32(30)42-33)28-12-10-25(14-26(28)21-50-36)34-19-41-38(43-34)23-8-6-7-9-23/h7-9,11-12,14-17,19-20,23,25,28,33,36,42-43,46H,6,10,13,18,21-22,24,26-27H2,1-5H3,(H,51,53)(H,54,60);10-15,18,22-23,27,35,37H,5-9,16-17,19-21H2,1-4H3,(H,44,47)/t33-,36+,42-,43-,46-;27-,35-,37-/m00/s1. The second kappa shape index (κ2) is 32.8. The molecule has 1 saturated carbocycles. The summed E-state index contributed by atoms with van der Waals surface area (Å²) in [7, 11) is 3.94. The van der Waals surface area contributed by atoms with Crippen molar-refractivity contribution < 1.29 is 61.9 Å². The maximum atomic E-state index is 14.1. The van der Waals surface area contributed by atoms with Gasteiger partial charge in [-0.25, -0.2) is 19.6 Å². The van der Waals surface area contributed by atoms with Gasteiger partial charge in [0.2, 0.25) is 17.7 Å². The highest BCUT2D eigenvalue weighted by Gasteiger charge is 2.46. The van der Waals surface area contributed by atoms with Crippen molar-refractivity contribution in [2.45, 2.75) is 174 Å². The van der Waals surface area contributed by atoms with Crippen LogP contribution in [0.1, 0.15) is 150 Å². The predicted molar refractivity (Wildman–Crippen MR) is 436 cm³/mol. The summed E-state index contributed by atoms with van der Waals surface area (Å²) in [5, 5.41) is 9.86. The number of imidazole rings is 1. The van der Waals surface area contributed by atoms with Crippen molar-refractivity contribution in [2.75, 3.05) is 60.7 Å². The molecule has 8 aromatic rings. The Morgan fingerprint density at radius 3 is 1.64 bits per heavy atom. The highest BCUT2D eigenvalue weighted by molar-refractivity contribution is 6.14. The van der Waals surface area contributed by atoms with E-state index >= 15 is 0 Å². The first-order chi connectivity index (χ1) is 55.3. The molecule has 8 atom stereocenters. The maximum Gasteiger partial charge on any atom is 0.407 e. The molecule has 3 N–H and O–H groups in total. The van der Waals surface area contributed by atoms with Gasteiger partial charge in [-0.05, 0) is 172 Å². The van der Waals surface area contributed by atoms with Crippen molar-refractivity contribution in [3.05, 3.63) is 161 Å². The number of H-pyrrole nitrogens is 1. The van der Waals surface area contributed by atoms with Crippen LogP contribution in [0.2, 0.25) is 0 Å². The van der Waals surface area contributed by atoms with Crippen molar-refractivity contribution in [2.24, 2.45) is 37.7 Å². The van der Waals surface area contributed by atoms with E-state index in [1.165, 1.54) is 52.6 Å². The molecule has 5 amide bonds. The first kappa shape index (κ1) is 76.9. The molecule has 24 nitrogen and oxygen atoms in total.